The van der Waals surface area contributed by atoms with Gasteiger partial charge in [0.1, 0.15) is 12.4 Å². The number of rotatable bonds is 8. The predicted octanol–water partition coefficient (Wildman–Crippen LogP) is 8.25. The van der Waals surface area contributed by atoms with Crippen molar-refractivity contribution in [3.05, 3.63) is 137 Å². The molecule has 0 amide bonds. The Morgan fingerprint density at radius 1 is 0.762 bits per heavy atom. The van der Waals surface area contributed by atoms with E-state index >= 15 is 0 Å². The number of carbonyl (C=O) groups excluding carboxylic acids is 2. The van der Waals surface area contributed by atoms with Crippen LogP contribution in [-0.2, 0) is 33.8 Å². The zero-order valence-corrected chi connectivity index (χ0v) is 23.8. The lowest BCUT2D eigenvalue weighted by Crippen LogP contribution is -2.18. The molecule has 5 nitrogen and oxygen atoms in total. The Morgan fingerprint density at radius 3 is 2.10 bits per heavy atom. The third-order valence-electron chi connectivity index (χ3n) is 7.60. The second kappa shape index (κ2) is 11.0. The van der Waals surface area contributed by atoms with Crippen LogP contribution in [0.1, 0.15) is 41.7 Å². The van der Waals surface area contributed by atoms with Crippen LogP contribution < -0.4 is 9.64 Å². The molecule has 0 radical (unpaired) electrons. The van der Waals surface area contributed by atoms with Crippen molar-refractivity contribution < 1.29 is 19.1 Å². The van der Waals surface area contributed by atoms with Gasteiger partial charge in [-0.3, -0.25) is 0 Å². The van der Waals surface area contributed by atoms with E-state index in [1.807, 2.05) is 36.4 Å². The molecule has 4 aromatic rings. The van der Waals surface area contributed by atoms with Gasteiger partial charge < -0.3 is 14.4 Å². The third kappa shape index (κ3) is 5.06. The fourth-order valence-electron chi connectivity index (χ4n) is 5.50. The summed E-state index contributed by atoms with van der Waals surface area (Å²) in [6.07, 6.45) is 8.46. The van der Waals surface area contributed by atoms with Crippen molar-refractivity contribution in [1.82, 2.24) is 0 Å². The molecule has 2 aliphatic carbocycles. The van der Waals surface area contributed by atoms with Crippen LogP contribution in [0.25, 0.3) is 22.5 Å². The van der Waals surface area contributed by atoms with Gasteiger partial charge in [-0.2, -0.15) is 0 Å². The van der Waals surface area contributed by atoms with Crippen molar-refractivity contribution >= 4 is 45.9 Å². The van der Waals surface area contributed by atoms with Crippen LogP contribution in [0.2, 0.25) is 0 Å². The van der Waals surface area contributed by atoms with E-state index in [1.54, 1.807) is 26.0 Å². The van der Waals surface area contributed by atoms with Crippen LogP contribution in [0.4, 0.5) is 11.4 Å². The highest BCUT2D eigenvalue weighted by Gasteiger charge is 2.25. The molecule has 0 bridgehead atoms. The van der Waals surface area contributed by atoms with Crippen LogP contribution in [-0.4, -0.2) is 11.9 Å². The number of ether oxygens (including phenoxy) is 2. The average Bonchev–Trinajstić information content (AvgIpc) is 3.00. The van der Waals surface area contributed by atoms with E-state index in [4.69, 9.17) is 9.47 Å². The first kappa shape index (κ1) is 27.0. The molecule has 0 heterocycles. The molecule has 6 rings (SSSR count). The van der Waals surface area contributed by atoms with Gasteiger partial charge in [0.05, 0.1) is 5.70 Å². The zero-order valence-electron chi connectivity index (χ0n) is 23.8. The molecule has 0 spiro atoms. The summed E-state index contributed by atoms with van der Waals surface area (Å²) < 4.78 is 10.8. The highest BCUT2D eigenvalue weighted by molar-refractivity contribution is 6.07. The molecule has 0 aliphatic heterocycles. The molecule has 0 atom stereocenters. The van der Waals surface area contributed by atoms with E-state index in [1.165, 1.54) is 33.0 Å². The number of hydrogen-bond donors (Lipinski definition) is 0. The third-order valence-corrected chi connectivity index (χ3v) is 7.60. The smallest absolute Gasteiger partial charge is 0.338 e. The molecule has 0 aromatic heterocycles. The van der Waals surface area contributed by atoms with Crippen LogP contribution in [0, 0.1) is 0 Å². The Kier molecular flexibility index (Phi) is 7.09. The number of benzene rings is 4. The first-order chi connectivity index (χ1) is 20.3. The Bertz CT molecular complexity index is 1820. The van der Waals surface area contributed by atoms with E-state index < -0.39 is 11.9 Å². The number of nitrogens with zero attached hydrogens (tertiary/aromatic N) is 1. The number of esters is 2. The largest absolute Gasteiger partial charge is 0.457 e. The molecule has 42 heavy (non-hydrogen) atoms. The monoisotopic (exact) mass is 553 g/mol. The van der Waals surface area contributed by atoms with Crippen molar-refractivity contribution in [2.75, 3.05) is 4.90 Å². The first-order valence-electron chi connectivity index (χ1n) is 13.9. The quantitative estimate of drug-likeness (QED) is 0.125. The molecule has 4 aromatic carbocycles. The van der Waals surface area contributed by atoms with Crippen LogP contribution in [0.15, 0.2) is 109 Å². The summed E-state index contributed by atoms with van der Waals surface area (Å²) in [6.45, 7) is 10.7. The average molecular weight is 554 g/mol. The predicted molar refractivity (Wildman–Crippen MR) is 168 cm³/mol. The molecule has 5 heteroatoms. The molecule has 2 aliphatic rings. The standard InChI is InChI=1S/C37H31NO4/c1-23(2)36(39)41-22-25-8-14-29(15-9-25)38(30-16-18-31(19-17-30)42-37(40)24(3)4)33-21-13-28-11-10-26-6-5-7-27-12-20-32(33)35(28)34(26)27/h5-6,8-12,14-21H,1,3,7,13,22H2,2,4H3. The Morgan fingerprint density at radius 2 is 1.40 bits per heavy atom. The number of carbonyl (C=O) groups is 2. The second-order valence-corrected chi connectivity index (χ2v) is 10.8. The molecule has 0 saturated heterocycles. The van der Waals surface area contributed by atoms with Crippen LogP contribution in [0.5, 0.6) is 5.75 Å². The highest BCUT2D eigenvalue weighted by atomic mass is 16.5. The summed E-state index contributed by atoms with van der Waals surface area (Å²) in [4.78, 5) is 26.2. The van der Waals surface area contributed by atoms with E-state index in [0.717, 1.165) is 35.5 Å². The Hall–Kier alpha value is -5.16. The number of hydrogen-bond acceptors (Lipinski definition) is 5. The fraction of sp³-hybridized carbons (Fsp3) is 0.135. The van der Waals surface area contributed by atoms with Crippen molar-refractivity contribution in [2.24, 2.45) is 0 Å². The summed E-state index contributed by atoms with van der Waals surface area (Å²) in [5.74, 6) is -0.411. The summed E-state index contributed by atoms with van der Waals surface area (Å²) in [5.41, 5.74) is 9.63. The molecule has 0 N–H and O–H groups in total. The maximum Gasteiger partial charge on any atom is 0.338 e. The zero-order chi connectivity index (χ0) is 29.4. The van der Waals surface area contributed by atoms with Gasteiger partial charge >= 0.3 is 11.9 Å². The molecule has 0 unspecified atom stereocenters. The summed E-state index contributed by atoms with van der Waals surface area (Å²) >= 11 is 0. The topological polar surface area (TPSA) is 55.8 Å². The van der Waals surface area contributed by atoms with Gasteiger partial charge in [0.15, 0.2) is 0 Å². The van der Waals surface area contributed by atoms with Gasteiger partial charge in [-0.05, 0) is 96.1 Å². The van der Waals surface area contributed by atoms with Gasteiger partial charge in [-0.25, -0.2) is 9.59 Å². The summed E-state index contributed by atoms with van der Waals surface area (Å²) in [5, 5.41) is 2.63. The van der Waals surface area contributed by atoms with Crippen molar-refractivity contribution in [3.8, 4) is 5.75 Å². The van der Waals surface area contributed by atoms with Crippen molar-refractivity contribution in [1.29, 1.82) is 0 Å². The van der Waals surface area contributed by atoms with Crippen LogP contribution >= 0.6 is 0 Å². The highest BCUT2D eigenvalue weighted by Crippen LogP contribution is 2.44. The lowest BCUT2D eigenvalue weighted by Gasteiger charge is -2.32. The minimum absolute atomic E-state index is 0.170. The SMILES string of the molecule is C=C(C)C(=O)OCc1ccc(N(C2=CCc3ccc4c5c(ccc2c35)CC=C4)c2ccc(OC(=O)C(=C)C)cc2)cc1. The van der Waals surface area contributed by atoms with Crippen LogP contribution in [0.3, 0.4) is 0 Å². The summed E-state index contributed by atoms with van der Waals surface area (Å²) in [6, 6.07) is 24.4. The van der Waals surface area contributed by atoms with Crippen molar-refractivity contribution in [3.63, 3.8) is 0 Å². The molecular weight excluding hydrogens is 522 g/mol. The second-order valence-electron chi connectivity index (χ2n) is 10.8. The molecular formula is C37H31NO4. The maximum atomic E-state index is 12.1. The number of allylic oxidation sites excluding steroid dienone is 2. The number of anilines is 2. The molecule has 0 fully saturated rings. The van der Waals surface area contributed by atoms with Gasteiger partial charge in [0, 0.05) is 28.1 Å². The molecule has 208 valence electrons. The lowest BCUT2D eigenvalue weighted by molar-refractivity contribution is -0.140. The first-order valence-corrected chi connectivity index (χ1v) is 13.9. The lowest BCUT2D eigenvalue weighted by atomic mass is 9.83. The van der Waals surface area contributed by atoms with E-state index in [0.29, 0.717) is 16.9 Å². The summed E-state index contributed by atoms with van der Waals surface area (Å²) in [7, 11) is 0. The van der Waals surface area contributed by atoms with E-state index in [2.05, 4.69) is 60.6 Å². The normalized spacial score (nSPS) is 12.9. The van der Waals surface area contributed by atoms with Crippen molar-refractivity contribution in [2.45, 2.75) is 33.3 Å². The minimum Gasteiger partial charge on any atom is -0.457 e. The maximum absolute atomic E-state index is 12.1. The van der Waals surface area contributed by atoms with Gasteiger partial charge in [-0.1, -0.05) is 67.8 Å². The van der Waals surface area contributed by atoms with Gasteiger partial charge in [0.25, 0.3) is 0 Å². The van der Waals surface area contributed by atoms with E-state index in [9.17, 15) is 9.59 Å². The van der Waals surface area contributed by atoms with E-state index in [-0.39, 0.29) is 6.61 Å². The fourth-order valence-corrected chi connectivity index (χ4v) is 5.50. The van der Waals surface area contributed by atoms with Gasteiger partial charge in [-0.15, -0.1) is 0 Å². The Balaban J connectivity index is 1.42. The minimum atomic E-state index is -0.456. The Labute approximate surface area is 245 Å². The van der Waals surface area contributed by atoms with Gasteiger partial charge in [0.2, 0.25) is 0 Å². The molecule has 0 saturated carbocycles.